The van der Waals surface area contributed by atoms with Gasteiger partial charge >= 0.3 is 5.97 Å². The smallest absolute Gasteiger partial charge is 0.311 e. The molecule has 1 saturated heterocycles. The number of ether oxygens (including phenoxy) is 2. The van der Waals surface area contributed by atoms with Gasteiger partial charge in [-0.05, 0) is 18.9 Å². The third-order valence-corrected chi connectivity index (χ3v) is 3.74. The molecule has 5 nitrogen and oxygen atoms in total. The first-order chi connectivity index (χ1) is 10.7. The average molecular weight is 305 g/mol. The maximum atomic E-state index is 12.0. The number of likely N-dealkylation sites (tertiary alicyclic amines) is 1. The van der Waals surface area contributed by atoms with Crippen LogP contribution < -0.4 is 0 Å². The van der Waals surface area contributed by atoms with E-state index in [0.29, 0.717) is 26.3 Å². The second-order valence-electron chi connectivity index (χ2n) is 5.34. The summed E-state index contributed by atoms with van der Waals surface area (Å²) in [7, 11) is 0. The van der Waals surface area contributed by atoms with Crippen molar-refractivity contribution in [2.75, 3.05) is 32.9 Å². The Kier molecular flexibility index (Phi) is 6.40. The van der Waals surface area contributed by atoms with Crippen molar-refractivity contribution in [1.29, 1.82) is 0 Å². The average Bonchev–Trinajstić information content (AvgIpc) is 2.91. The zero-order chi connectivity index (χ0) is 15.8. The van der Waals surface area contributed by atoms with Gasteiger partial charge in [0.05, 0.1) is 12.5 Å². The topological polar surface area (TPSA) is 55.8 Å². The second kappa shape index (κ2) is 8.54. The first-order valence-corrected chi connectivity index (χ1v) is 7.76. The Balaban J connectivity index is 1.74. The van der Waals surface area contributed by atoms with Crippen LogP contribution in [0.3, 0.4) is 0 Å². The van der Waals surface area contributed by atoms with Crippen LogP contribution >= 0.6 is 0 Å². The molecule has 1 aromatic rings. The Hall–Kier alpha value is -1.88. The Morgan fingerprint density at radius 3 is 2.77 bits per heavy atom. The molecule has 1 aliphatic heterocycles. The quantitative estimate of drug-likeness (QED) is 0.541. The fourth-order valence-electron chi connectivity index (χ4n) is 2.52. The van der Waals surface area contributed by atoms with Crippen molar-refractivity contribution in [2.24, 2.45) is 5.92 Å². The van der Waals surface area contributed by atoms with Crippen molar-refractivity contribution in [1.82, 2.24) is 4.90 Å². The van der Waals surface area contributed by atoms with Gasteiger partial charge in [0, 0.05) is 26.1 Å². The molecule has 22 heavy (non-hydrogen) atoms. The summed E-state index contributed by atoms with van der Waals surface area (Å²) in [4.78, 5) is 25.6. The molecule has 0 saturated carbocycles. The van der Waals surface area contributed by atoms with Gasteiger partial charge in [0.2, 0.25) is 5.91 Å². The lowest BCUT2D eigenvalue weighted by Gasteiger charge is -2.16. The van der Waals surface area contributed by atoms with E-state index in [1.165, 1.54) is 5.56 Å². The molecule has 0 N–H and O–H groups in total. The first-order valence-electron chi connectivity index (χ1n) is 7.76. The lowest BCUT2D eigenvalue weighted by atomic mass is 10.1. The maximum Gasteiger partial charge on any atom is 0.311 e. The van der Waals surface area contributed by atoms with Crippen molar-refractivity contribution >= 4 is 11.9 Å². The van der Waals surface area contributed by atoms with Crippen LogP contribution in [0.4, 0.5) is 0 Å². The fraction of sp³-hybridized carbons (Fsp3) is 0.529. The molecule has 120 valence electrons. The zero-order valence-corrected chi connectivity index (χ0v) is 13.0. The van der Waals surface area contributed by atoms with Gasteiger partial charge in [0.1, 0.15) is 6.61 Å². The zero-order valence-electron chi connectivity index (χ0n) is 13.0. The summed E-state index contributed by atoms with van der Waals surface area (Å²) in [5.74, 6) is -0.608. The lowest BCUT2D eigenvalue weighted by Crippen LogP contribution is -2.29. The maximum absolute atomic E-state index is 12.0. The molecule has 0 aliphatic carbocycles. The fourth-order valence-corrected chi connectivity index (χ4v) is 2.52. The van der Waals surface area contributed by atoms with Crippen LogP contribution in [0, 0.1) is 5.92 Å². The van der Waals surface area contributed by atoms with Gasteiger partial charge in [-0.1, -0.05) is 30.3 Å². The molecule has 1 heterocycles. The van der Waals surface area contributed by atoms with Crippen LogP contribution in [-0.2, 0) is 25.5 Å². The summed E-state index contributed by atoms with van der Waals surface area (Å²) in [5.41, 5.74) is 1.19. The van der Waals surface area contributed by atoms with Crippen molar-refractivity contribution in [3.63, 3.8) is 0 Å². The predicted octanol–water partition coefficient (Wildman–Crippen LogP) is 1.66. The Morgan fingerprint density at radius 2 is 2.05 bits per heavy atom. The van der Waals surface area contributed by atoms with Crippen molar-refractivity contribution in [3.8, 4) is 0 Å². The number of esters is 1. The summed E-state index contributed by atoms with van der Waals surface area (Å²) >= 11 is 0. The van der Waals surface area contributed by atoms with Crippen LogP contribution in [0.25, 0.3) is 0 Å². The minimum Gasteiger partial charge on any atom is -0.463 e. The van der Waals surface area contributed by atoms with Gasteiger partial charge in [-0.15, -0.1) is 0 Å². The number of carbonyl (C=O) groups excluding carboxylic acids is 2. The molecule has 2 rings (SSSR count). The number of rotatable bonds is 8. The van der Waals surface area contributed by atoms with Crippen LogP contribution in [0.2, 0.25) is 0 Å². The monoisotopic (exact) mass is 305 g/mol. The molecule has 1 aromatic carbocycles. The molecule has 0 bridgehead atoms. The summed E-state index contributed by atoms with van der Waals surface area (Å²) in [6, 6.07) is 10.0. The highest BCUT2D eigenvalue weighted by atomic mass is 16.6. The van der Waals surface area contributed by atoms with E-state index >= 15 is 0 Å². The third kappa shape index (κ3) is 4.84. The Labute approximate surface area is 131 Å². The van der Waals surface area contributed by atoms with Crippen molar-refractivity contribution < 1.29 is 19.1 Å². The number of hydrogen-bond acceptors (Lipinski definition) is 4. The molecule has 5 heteroatoms. The third-order valence-electron chi connectivity index (χ3n) is 3.74. The van der Waals surface area contributed by atoms with Gasteiger partial charge in [0.15, 0.2) is 0 Å². The van der Waals surface area contributed by atoms with Crippen LogP contribution in [0.5, 0.6) is 0 Å². The number of amides is 1. The van der Waals surface area contributed by atoms with Crippen LogP contribution in [-0.4, -0.2) is 49.7 Å². The SMILES string of the molecule is CCOCCOC(=O)C1CC(=O)N(CCc2ccccc2)C1. The standard InChI is InChI=1S/C17H23NO4/c1-2-21-10-11-22-17(20)15-12-16(19)18(13-15)9-8-14-6-4-3-5-7-14/h3-7,15H,2,8-13H2,1H3. The minimum atomic E-state index is -0.343. The molecule has 1 unspecified atom stereocenters. The van der Waals surface area contributed by atoms with Gasteiger partial charge in [-0.3, -0.25) is 9.59 Å². The van der Waals surface area contributed by atoms with E-state index in [9.17, 15) is 9.59 Å². The van der Waals surface area contributed by atoms with Crippen molar-refractivity contribution in [2.45, 2.75) is 19.8 Å². The minimum absolute atomic E-state index is 0.0303. The van der Waals surface area contributed by atoms with Crippen molar-refractivity contribution in [3.05, 3.63) is 35.9 Å². The molecule has 0 radical (unpaired) electrons. The lowest BCUT2D eigenvalue weighted by molar-refractivity contribution is -0.149. The number of carbonyl (C=O) groups is 2. The largest absolute Gasteiger partial charge is 0.463 e. The highest BCUT2D eigenvalue weighted by molar-refractivity contribution is 5.86. The van der Waals surface area contributed by atoms with Crippen LogP contribution in [0.1, 0.15) is 18.9 Å². The van der Waals surface area contributed by atoms with E-state index in [0.717, 1.165) is 6.42 Å². The molecule has 1 atom stereocenters. The second-order valence-corrected chi connectivity index (χ2v) is 5.34. The summed E-state index contributed by atoms with van der Waals surface area (Å²) in [6.07, 6.45) is 1.06. The highest BCUT2D eigenvalue weighted by Crippen LogP contribution is 2.19. The van der Waals surface area contributed by atoms with E-state index < -0.39 is 0 Å². The molecule has 1 amide bonds. The molecule has 1 fully saturated rings. The predicted molar refractivity (Wildman–Crippen MR) is 82.3 cm³/mol. The number of benzene rings is 1. The highest BCUT2D eigenvalue weighted by Gasteiger charge is 2.34. The number of nitrogens with zero attached hydrogens (tertiary/aromatic N) is 1. The van der Waals surface area contributed by atoms with Crippen LogP contribution in [0.15, 0.2) is 30.3 Å². The van der Waals surface area contributed by atoms with E-state index in [4.69, 9.17) is 9.47 Å². The molecule has 1 aliphatic rings. The molecular weight excluding hydrogens is 282 g/mol. The Morgan fingerprint density at radius 1 is 1.27 bits per heavy atom. The van der Waals surface area contributed by atoms with Gasteiger partial charge in [-0.2, -0.15) is 0 Å². The summed E-state index contributed by atoms with van der Waals surface area (Å²) < 4.78 is 10.3. The van der Waals surface area contributed by atoms with Gasteiger partial charge in [-0.25, -0.2) is 0 Å². The molecule has 0 aromatic heterocycles. The number of hydrogen-bond donors (Lipinski definition) is 0. The van der Waals surface area contributed by atoms with E-state index in [1.54, 1.807) is 4.90 Å². The summed E-state index contributed by atoms with van der Waals surface area (Å²) in [5, 5.41) is 0. The van der Waals surface area contributed by atoms with Gasteiger partial charge < -0.3 is 14.4 Å². The molecular formula is C17H23NO4. The van der Waals surface area contributed by atoms with E-state index in [2.05, 4.69) is 0 Å². The van der Waals surface area contributed by atoms with Gasteiger partial charge in [0.25, 0.3) is 0 Å². The first kappa shape index (κ1) is 16.5. The molecule has 0 spiro atoms. The summed E-state index contributed by atoms with van der Waals surface area (Å²) in [6.45, 7) is 4.25. The normalized spacial score (nSPS) is 17.8. The van der Waals surface area contributed by atoms with E-state index in [-0.39, 0.29) is 30.8 Å². The Bertz CT molecular complexity index is 489. The van der Waals surface area contributed by atoms with E-state index in [1.807, 2.05) is 37.3 Å².